The van der Waals surface area contributed by atoms with Crippen molar-refractivity contribution in [2.45, 2.75) is 15.5 Å². The van der Waals surface area contributed by atoms with Crippen molar-refractivity contribution in [3.63, 3.8) is 0 Å². The molecule has 2 aromatic carbocycles. The number of rotatable bonds is 6. The van der Waals surface area contributed by atoms with Crippen LogP contribution in [-0.4, -0.2) is 13.4 Å². The number of nitrogens with zero attached hydrogens (tertiary/aromatic N) is 1. The number of sulfonamides is 1. The van der Waals surface area contributed by atoms with E-state index in [9.17, 15) is 8.42 Å². The number of hydrogen-bond acceptors (Lipinski definition) is 4. The van der Waals surface area contributed by atoms with Gasteiger partial charge >= 0.3 is 0 Å². The molecule has 0 bridgehead atoms. The Morgan fingerprint density at radius 1 is 1.00 bits per heavy atom. The molecule has 0 spiro atoms. The first-order valence-electron chi connectivity index (χ1n) is 7.54. The average molecular weight is 425 g/mol. The highest BCUT2D eigenvalue weighted by atomic mass is 35.5. The average Bonchev–Trinajstić information content (AvgIpc) is 2.64. The van der Waals surface area contributed by atoms with Crippen molar-refractivity contribution in [1.82, 2.24) is 4.98 Å². The van der Waals surface area contributed by atoms with Gasteiger partial charge < -0.3 is 0 Å². The Bertz CT molecular complexity index is 995. The summed E-state index contributed by atoms with van der Waals surface area (Å²) >= 11 is 13.4. The largest absolute Gasteiger partial charge is 0.280 e. The van der Waals surface area contributed by atoms with Crippen LogP contribution >= 0.6 is 35.0 Å². The Balaban J connectivity index is 1.67. The van der Waals surface area contributed by atoms with Crippen molar-refractivity contribution in [3.8, 4) is 0 Å². The summed E-state index contributed by atoms with van der Waals surface area (Å²) in [6.07, 6.45) is 3.57. The molecular weight excluding hydrogens is 411 g/mol. The molecule has 3 rings (SSSR count). The number of anilines is 1. The van der Waals surface area contributed by atoms with Crippen molar-refractivity contribution >= 4 is 50.7 Å². The first-order valence-corrected chi connectivity index (χ1v) is 10.8. The van der Waals surface area contributed by atoms with E-state index >= 15 is 0 Å². The fourth-order valence-corrected chi connectivity index (χ4v) is 4.41. The molecule has 1 N–H and O–H groups in total. The van der Waals surface area contributed by atoms with E-state index in [0.29, 0.717) is 10.7 Å². The van der Waals surface area contributed by atoms with E-state index in [1.807, 2.05) is 30.5 Å². The second-order valence-corrected chi connectivity index (χ2v) is 8.90. The van der Waals surface area contributed by atoms with Crippen LogP contribution in [-0.2, 0) is 15.8 Å². The molecule has 0 saturated carbocycles. The van der Waals surface area contributed by atoms with Crippen LogP contribution in [0.25, 0.3) is 0 Å². The molecular formula is C18H14Cl2N2O2S2. The molecule has 26 heavy (non-hydrogen) atoms. The van der Waals surface area contributed by atoms with Gasteiger partial charge in [0.15, 0.2) is 0 Å². The summed E-state index contributed by atoms with van der Waals surface area (Å²) in [5.41, 5.74) is 1.60. The monoisotopic (exact) mass is 424 g/mol. The third kappa shape index (κ3) is 4.92. The van der Waals surface area contributed by atoms with E-state index in [0.717, 1.165) is 16.2 Å². The molecule has 0 amide bonds. The van der Waals surface area contributed by atoms with Crippen molar-refractivity contribution < 1.29 is 8.42 Å². The molecule has 0 unspecified atom stereocenters. The predicted octanol–water partition coefficient (Wildman–Crippen LogP) is 5.48. The van der Waals surface area contributed by atoms with E-state index in [4.69, 9.17) is 23.2 Å². The lowest BCUT2D eigenvalue weighted by atomic mass is 10.3. The third-order valence-corrected chi connectivity index (χ3v) is 6.64. The Morgan fingerprint density at radius 2 is 1.77 bits per heavy atom. The molecule has 0 aliphatic rings. The first-order chi connectivity index (χ1) is 12.4. The van der Waals surface area contributed by atoms with Crippen LogP contribution in [0.15, 0.2) is 76.8 Å². The van der Waals surface area contributed by atoms with Crippen LogP contribution in [0, 0.1) is 0 Å². The van der Waals surface area contributed by atoms with Crippen LogP contribution in [0.4, 0.5) is 5.69 Å². The minimum Gasteiger partial charge on any atom is -0.280 e. The minimum atomic E-state index is -3.73. The van der Waals surface area contributed by atoms with Gasteiger partial charge in [-0.1, -0.05) is 29.3 Å². The lowest BCUT2D eigenvalue weighted by Gasteiger charge is -2.09. The fourth-order valence-electron chi connectivity index (χ4n) is 2.13. The normalized spacial score (nSPS) is 11.3. The quantitative estimate of drug-likeness (QED) is 0.532. The maximum atomic E-state index is 12.4. The van der Waals surface area contributed by atoms with E-state index in [-0.39, 0.29) is 9.92 Å². The zero-order chi connectivity index (χ0) is 18.6. The summed E-state index contributed by atoms with van der Waals surface area (Å²) in [5, 5.41) is 0.498. The Labute approximate surface area is 166 Å². The lowest BCUT2D eigenvalue weighted by molar-refractivity contribution is 0.601. The van der Waals surface area contributed by atoms with Gasteiger partial charge in [-0.2, -0.15) is 0 Å². The number of hydrogen-bond donors (Lipinski definition) is 1. The summed E-state index contributed by atoms with van der Waals surface area (Å²) < 4.78 is 27.4. The molecule has 0 saturated heterocycles. The lowest BCUT2D eigenvalue weighted by Crippen LogP contribution is -2.12. The number of pyridine rings is 1. The maximum absolute atomic E-state index is 12.4. The molecule has 8 heteroatoms. The maximum Gasteiger partial charge on any atom is 0.261 e. The summed E-state index contributed by atoms with van der Waals surface area (Å²) in [7, 11) is -3.73. The van der Waals surface area contributed by atoms with Gasteiger partial charge in [0, 0.05) is 28.7 Å². The minimum absolute atomic E-state index is 0.0573. The predicted molar refractivity (Wildman–Crippen MR) is 108 cm³/mol. The second kappa shape index (κ2) is 8.31. The van der Waals surface area contributed by atoms with Gasteiger partial charge in [-0.3, -0.25) is 9.71 Å². The SMILES string of the molecule is O=S(=O)(Nc1ccc(SCc2cccnc2)cc1)c1ccc(Cl)c(Cl)c1. The molecule has 0 atom stereocenters. The van der Waals surface area contributed by atoms with Crippen molar-refractivity contribution in [1.29, 1.82) is 0 Å². The molecule has 0 radical (unpaired) electrons. The summed E-state index contributed by atoms with van der Waals surface area (Å²) in [6, 6.07) is 15.3. The standard InChI is InChI=1S/C18H14Cl2N2O2S2/c19-17-8-7-16(10-18(17)20)26(23,24)22-14-3-5-15(6-4-14)25-12-13-2-1-9-21-11-13/h1-11,22H,12H2. The van der Waals surface area contributed by atoms with E-state index in [2.05, 4.69) is 9.71 Å². The number of nitrogens with one attached hydrogen (secondary N) is 1. The van der Waals surface area contributed by atoms with Crippen molar-refractivity contribution in [2.24, 2.45) is 0 Å². The molecule has 0 fully saturated rings. The zero-order valence-corrected chi connectivity index (χ0v) is 16.5. The summed E-state index contributed by atoms with van der Waals surface area (Å²) in [5.74, 6) is 0.794. The van der Waals surface area contributed by atoms with Gasteiger partial charge in [0.2, 0.25) is 0 Å². The first kappa shape index (κ1) is 19.0. The van der Waals surface area contributed by atoms with Gasteiger partial charge in [-0.15, -0.1) is 11.8 Å². The Hall–Kier alpha value is -1.73. The van der Waals surface area contributed by atoms with Crippen LogP contribution in [0.3, 0.4) is 0 Å². The number of thioether (sulfide) groups is 1. The van der Waals surface area contributed by atoms with Gasteiger partial charge in [0.05, 0.1) is 14.9 Å². The highest BCUT2D eigenvalue weighted by molar-refractivity contribution is 7.98. The Morgan fingerprint density at radius 3 is 2.42 bits per heavy atom. The van der Waals surface area contributed by atoms with Gasteiger partial charge in [0.1, 0.15) is 0 Å². The van der Waals surface area contributed by atoms with E-state index < -0.39 is 10.0 Å². The summed E-state index contributed by atoms with van der Waals surface area (Å²) in [6.45, 7) is 0. The number of halogens is 2. The topological polar surface area (TPSA) is 59.1 Å². The number of benzene rings is 2. The van der Waals surface area contributed by atoms with Gasteiger partial charge in [0.25, 0.3) is 10.0 Å². The molecule has 0 aliphatic carbocycles. The molecule has 4 nitrogen and oxygen atoms in total. The smallest absolute Gasteiger partial charge is 0.261 e. The second-order valence-electron chi connectivity index (χ2n) is 5.36. The van der Waals surface area contributed by atoms with Crippen LogP contribution in [0.2, 0.25) is 10.0 Å². The molecule has 134 valence electrons. The van der Waals surface area contributed by atoms with Crippen LogP contribution in [0.5, 0.6) is 0 Å². The highest BCUT2D eigenvalue weighted by Gasteiger charge is 2.15. The molecule has 1 heterocycles. The van der Waals surface area contributed by atoms with E-state index in [1.54, 1.807) is 30.1 Å². The fraction of sp³-hybridized carbons (Fsp3) is 0.0556. The number of aromatic nitrogens is 1. The van der Waals surface area contributed by atoms with Crippen LogP contribution < -0.4 is 4.72 Å². The van der Waals surface area contributed by atoms with Gasteiger partial charge in [-0.05, 0) is 54.1 Å². The van der Waals surface area contributed by atoms with Crippen molar-refractivity contribution in [2.75, 3.05) is 4.72 Å². The highest BCUT2D eigenvalue weighted by Crippen LogP contribution is 2.27. The summed E-state index contributed by atoms with van der Waals surface area (Å²) in [4.78, 5) is 5.18. The Kier molecular flexibility index (Phi) is 6.09. The van der Waals surface area contributed by atoms with E-state index in [1.165, 1.54) is 18.2 Å². The van der Waals surface area contributed by atoms with Crippen molar-refractivity contribution in [3.05, 3.63) is 82.6 Å². The third-order valence-electron chi connectivity index (χ3n) is 3.44. The molecule has 3 aromatic rings. The zero-order valence-electron chi connectivity index (χ0n) is 13.4. The van der Waals surface area contributed by atoms with Gasteiger partial charge in [-0.25, -0.2) is 8.42 Å². The molecule has 0 aliphatic heterocycles. The van der Waals surface area contributed by atoms with Crippen LogP contribution in [0.1, 0.15) is 5.56 Å². The molecule has 1 aromatic heterocycles.